The van der Waals surface area contributed by atoms with Gasteiger partial charge in [0.1, 0.15) is 11.4 Å². The maximum Gasteiger partial charge on any atom is 0.267 e. The third-order valence-electron chi connectivity index (χ3n) is 3.41. The smallest absolute Gasteiger partial charge is 0.267 e. The minimum atomic E-state index is -0.117. The summed E-state index contributed by atoms with van der Waals surface area (Å²) in [4.78, 5) is 14.4. The van der Waals surface area contributed by atoms with E-state index in [0.717, 1.165) is 26.4 Å². The number of ether oxygens (including phenoxy) is 1. The van der Waals surface area contributed by atoms with Gasteiger partial charge in [-0.3, -0.25) is 4.79 Å². The molecule has 0 aliphatic rings. The van der Waals surface area contributed by atoms with Gasteiger partial charge in [0.25, 0.3) is 5.56 Å². The van der Waals surface area contributed by atoms with E-state index in [0.29, 0.717) is 6.54 Å². The second-order valence-electron chi connectivity index (χ2n) is 5.09. The molecule has 6 heteroatoms. The molecule has 3 rings (SSSR count). The van der Waals surface area contributed by atoms with Gasteiger partial charge < -0.3 is 4.74 Å². The van der Waals surface area contributed by atoms with Crippen molar-refractivity contribution in [2.24, 2.45) is 0 Å². The quantitative estimate of drug-likeness (QED) is 0.673. The highest BCUT2D eigenvalue weighted by atomic mass is 79.9. The molecule has 0 aliphatic carbocycles. The van der Waals surface area contributed by atoms with Crippen molar-refractivity contribution in [1.82, 2.24) is 9.78 Å². The third-order valence-corrected chi connectivity index (χ3v) is 5.05. The average molecular weight is 391 g/mol. The Morgan fingerprint density at radius 3 is 2.70 bits per heavy atom. The Morgan fingerprint density at radius 2 is 2.04 bits per heavy atom. The lowest BCUT2D eigenvalue weighted by molar-refractivity contribution is 0.412. The van der Waals surface area contributed by atoms with Gasteiger partial charge in [-0.1, -0.05) is 6.07 Å². The lowest BCUT2D eigenvalue weighted by Crippen LogP contribution is -2.22. The van der Waals surface area contributed by atoms with Crippen molar-refractivity contribution in [3.63, 3.8) is 0 Å². The van der Waals surface area contributed by atoms with Crippen molar-refractivity contribution in [2.45, 2.75) is 13.5 Å². The Morgan fingerprint density at radius 1 is 1.22 bits per heavy atom. The lowest BCUT2D eigenvalue weighted by Gasteiger charge is -2.08. The normalized spacial score (nSPS) is 10.7. The SMILES string of the molecule is COc1ccc(Cn2nc(-c3ccc(C)s3)ccc2=O)cc1Br. The van der Waals surface area contributed by atoms with Crippen molar-refractivity contribution in [3.8, 4) is 16.3 Å². The van der Waals surface area contributed by atoms with Crippen LogP contribution in [-0.2, 0) is 6.54 Å². The van der Waals surface area contributed by atoms with Crippen molar-refractivity contribution >= 4 is 27.3 Å². The van der Waals surface area contributed by atoms with Crippen molar-refractivity contribution in [1.29, 1.82) is 0 Å². The minimum Gasteiger partial charge on any atom is -0.496 e. The Balaban J connectivity index is 1.93. The monoisotopic (exact) mass is 390 g/mol. The molecule has 0 amide bonds. The molecule has 0 radical (unpaired) electrons. The van der Waals surface area contributed by atoms with Crippen LogP contribution >= 0.6 is 27.3 Å². The van der Waals surface area contributed by atoms with E-state index in [1.54, 1.807) is 30.6 Å². The van der Waals surface area contributed by atoms with E-state index in [-0.39, 0.29) is 5.56 Å². The van der Waals surface area contributed by atoms with Crippen molar-refractivity contribution in [3.05, 3.63) is 67.7 Å². The second-order valence-corrected chi connectivity index (χ2v) is 7.24. The van der Waals surface area contributed by atoms with Crippen molar-refractivity contribution in [2.75, 3.05) is 7.11 Å². The molecule has 2 aromatic heterocycles. The van der Waals surface area contributed by atoms with E-state index in [1.165, 1.54) is 9.56 Å². The number of rotatable bonds is 4. The maximum atomic E-state index is 12.1. The van der Waals surface area contributed by atoms with E-state index >= 15 is 0 Å². The molecule has 0 atom stereocenters. The number of thiophene rings is 1. The number of halogens is 1. The fourth-order valence-corrected chi connectivity index (χ4v) is 3.67. The van der Waals surface area contributed by atoms with Gasteiger partial charge in [0, 0.05) is 10.9 Å². The van der Waals surface area contributed by atoms with Gasteiger partial charge in [0.2, 0.25) is 0 Å². The highest BCUT2D eigenvalue weighted by molar-refractivity contribution is 9.10. The van der Waals surface area contributed by atoms with Gasteiger partial charge in [-0.25, -0.2) is 4.68 Å². The van der Waals surface area contributed by atoms with Gasteiger partial charge in [0.15, 0.2) is 0 Å². The number of hydrogen-bond acceptors (Lipinski definition) is 4. The summed E-state index contributed by atoms with van der Waals surface area (Å²) in [6.45, 7) is 2.47. The molecule has 118 valence electrons. The summed E-state index contributed by atoms with van der Waals surface area (Å²) >= 11 is 5.13. The van der Waals surface area contributed by atoms with Crippen LogP contribution in [0.5, 0.6) is 5.75 Å². The van der Waals surface area contributed by atoms with E-state index in [1.807, 2.05) is 24.3 Å². The molecule has 2 heterocycles. The van der Waals surface area contributed by atoms with Crippen molar-refractivity contribution < 1.29 is 4.74 Å². The maximum absolute atomic E-state index is 12.1. The molecule has 0 fully saturated rings. The average Bonchev–Trinajstić information content (AvgIpc) is 2.96. The van der Waals surface area contributed by atoms with Crippen LogP contribution < -0.4 is 10.3 Å². The van der Waals surface area contributed by atoms with Crippen LogP contribution in [0.25, 0.3) is 10.6 Å². The Labute approximate surface area is 146 Å². The number of nitrogens with zero attached hydrogens (tertiary/aromatic N) is 2. The molecular weight excluding hydrogens is 376 g/mol. The lowest BCUT2D eigenvalue weighted by atomic mass is 10.2. The zero-order valence-electron chi connectivity index (χ0n) is 12.7. The molecule has 0 aliphatic heterocycles. The third kappa shape index (κ3) is 3.54. The highest BCUT2D eigenvalue weighted by Crippen LogP contribution is 2.27. The number of aromatic nitrogens is 2. The zero-order chi connectivity index (χ0) is 16.4. The molecule has 3 aromatic rings. The summed E-state index contributed by atoms with van der Waals surface area (Å²) in [7, 11) is 1.62. The second kappa shape index (κ2) is 6.68. The summed E-state index contributed by atoms with van der Waals surface area (Å²) < 4.78 is 7.57. The first-order chi connectivity index (χ1) is 11.1. The van der Waals surface area contributed by atoms with Crippen LogP contribution in [0.4, 0.5) is 0 Å². The molecule has 0 spiro atoms. The number of aryl methyl sites for hydroxylation is 1. The van der Waals surface area contributed by atoms with Gasteiger partial charge in [0.05, 0.1) is 23.0 Å². The van der Waals surface area contributed by atoms with E-state index in [4.69, 9.17) is 4.74 Å². The van der Waals surface area contributed by atoms with Gasteiger partial charge in [-0.2, -0.15) is 5.10 Å². The summed E-state index contributed by atoms with van der Waals surface area (Å²) in [5, 5.41) is 4.49. The minimum absolute atomic E-state index is 0.117. The standard InChI is InChI=1S/C17H15BrN2O2S/c1-11-3-7-16(23-11)14-5-8-17(21)20(19-14)10-12-4-6-15(22-2)13(18)9-12/h3-9H,10H2,1-2H3. The van der Waals surface area contributed by atoms with Crippen LogP contribution in [0.2, 0.25) is 0 Å². The molecule has 0 saturated heterocycles. The van der Waals surface area contributed by atoms with Crippen LogP contribution in [0.1, 0.15) is 10.4 Å². The van der Waals surface area contributed by atoms with E-state index in [2.05, 4.69) is 34.0 Å². The molecule has 4 nitrogen and oxygen atoms in total. The van der Waals surface area contributed by atoms with Crippen LogP contribution in [-0.4, -0.2) is 16.9 Å². The first-order valence-corrected chi connectivity index (χ1v) is 8.65. The molecule has 23 heavy (non-hydrogen) atoms. The predicted octanol–water partition coefficient (Wildman–Crippen LogP) is 4.10. The topological polar surface area (TPSA) is 44.1 Å². The van der Waals surface area contributed by atoms with Gasteiger partial charge in [-0.05, 0) is 58.7 Å². The summed E-state index contributed by atoms with van der Waals surface area (Å²) in [6.07, 6.45) is 0. The first kappa shape index (κ1) is 16.0. The highest BCUT2D eigenvalue weighted by Gasteiger charge is 2.07. The summed E-state index contributed by atoms with van der Waals surface area (Å²) in [6, 6.07) is 13.2. The molecular formula is C17H15BrN2O2S. The fourth-order valence-electron chi connectivity index (χ4n) is 2.25. The van der Waals surface area contributed by atoms with Crippen LogP contribution in [0.3, 0.4) is 0 Å². The van der Waals surface area contributed by atoms with E-state index in [9.17, 15) is 4.79 Å². The predicted molar refractivity (Wildman–Crippen MR) is 96.3 cm³/mol. The molecule has 0 saturated carbocycles. The largest absolute Gasteiger partial charge is 0.496 e. The Hall–Kier alpha value is -1.92. The fraction of sp³-hybridized carbons (Fsp3) is 0.176. The first-order valence-electron chi connectivity index (χ1n) is 7.04. The molecule has 0 unspecified atom stereocenters. The summed E-state index contributed by atoms with van der Waals surface area (Å²) in [5.41, 5.74) is 1.68. The van der Waals surface area contributed by atoms with Crippen LogP contribution in [0.15, 0.2) is 51.7 Å². The molecule has 0 bridgehead atoms. The Kier molecular flexibility index (Phi) is 4.63. The summed E-state index contributed by atoms with van der Waals surface area (Å²) in [5.74, 6) is 0.761. The Bertz CT molecular complexity index is 902. The van der Waals surface area contributed by atoms with Crippen LogP contribution in [0, 0.1) is 6.92 Å². The molecule has 0 N–H and O–H groups in total. The number of hydrogen-bond donors (Lipinski definition) is 0. The van der Waals surface area contributed by atoms with Gasteiger partial charge in [-0.15, -0.1) is 11.3 Å². The number of methoxy groups -OCH3 is 1. The van der Waals surface area contributed by atoms with E-state index < -0.39 is 0 Å². The molecule has 1 aromatic carbocycles. The number of benzene rings is 1. The zero-order valence-corrected chi connectivity index (χ0v) is 15.1. The van der Waals surface area contributed by atoms with Gasteiger partial charge >= 0.3 is 0 Å².